The fourth-order valence-corrected chi connectivity index (χ4v) is 8.73. The molecule has 0 amide bonds. The molecule has 6 rings (SSSR count). The number of allylic oxidation sites excluding steroid dienone is 2. The van der Waals surface area contributed by atoms with E-state index in [9.17, 15) is 0 Å². The van der Waals surface area contributed by atoms with Gasteiger partial charge in [-0.15, -0.1) is 0 Å². The van der Waals surface area contributed by atoms with Crippen LogP contribution >= 0.6 is 0 Å². The number of hydrogen-bond acceptors (Lipinski definition) is 2. The molecule has 2 aliphatic heterocycles. The Bertz CT molecular complexity index is 616. The van der Waals surface area contributed by atoms with Crippen LogP contribution in [0.4, 0.5) is 0 Å². The Kier molecular flexibility index (Phi) is 4.10. The van der Waals surface area contributed by atoms with Gasteiger partial charge in [-0.2, -0.15) is 0 Å². The molecule has 5 fully saturated rings. The van der Waals surface area contributed by atoms with E-state index in [0.29, 0.717) is 17.9 Å². The number of hydrogen-bond donors (Lipinski definition) is 0. The molecule has 0 aromatic rings. The lowest BCUT2D eigenvalue weighted by Crippen LogP contribution is -2.46. The molecule has 0 aromatic carbocycles. The molecular weight excluding hydrogens is 332 g/mol. The predicted molar refractivity (Wildman–Crippen MR) is 107 cm³/mol. The lowest BCUT2D eigenvalue weighted by molar-refractivity contribution is -0.271. The fourth-order valence-electron chi connectivity index (χ4n) is 8.73. The zero-order valence-corrected chi connectivity index (χ0v) is 17.4. The van der Waals surface area contributed by atoms with Crippen LogP contribution in [0.5, 0.6) is 0 Å². The summed E-state index contributed by atoms with van der Waals surface area (Å²) in [6, 6.07) is 0. The third-order valence-electron chi connectivity index (χ3n) is 10.0. The van der Waals surface area contributed by atoms with Crippen molar-refractivity contribution in [2.45, 2.75) is 89.9 Å². The summed E-state index contributed by atoms with van der Waals surface area (Å²) in [6.45, 7) is 5.69. The van der Waals surface area contributed by atoms with Crippen molar-refractivity contribution in [3.05, 3.63) is 11.6 Å². The average Bonchev–Trinajstić information content (AvgIpc) is 3.18. The van der Waals surface area contributed by atoms with Crippen LogP contribution in [0.2, 0.25) is 0 Å². The maximum atomic E-state index is 6.82. The van der Waals surface area contributed by atoms with Crippen LogP contribution in [0.15, 0.2) is 11.6 Å². The largest absolute Gasteiger partial charge is 0.349 e. The molecule has 0 radical (unpaired) electrons. The molecule has 3 saturated carbocycles. The Morgan fingerprint density at radius 3 is 2.70 bits per heavy atom. The second kappa shape index (κ2) is 6.33. The zero-order valence-electron chi connectivity index (χ0n) is 17.4. The van der Waals surface area contributed by atoms with E-state index >= 15 is 0 Å². The molecule has 10 atom stereocenters. The van der Waals surface area contributed by atoms with E-state index in [1.54, 1.807) is 0 Å². The van der Waals surface area contributed by atoms with Gasteiger partial charge in [0.15, 0.2) is 5.79 Å². The van der Waals surface area contributed by atoms with E-state index in [-0.39, 0.29) is 5.79 Å². The highest BCUT2D eigenvalue weighted by molar-refractivity contribution is 5.19. The Morgan fingerprint density at radius 2 is 1.85 bits per heavy atom. The first-order valence-corrected chi connectivity index (χ1v) is 12.2. The van der Waals surface area contributed by atoms with Crippen molar-refractivity contribution in [2.24, 2.45) is 47.3 Å². The molecule has 3 unspecified atom stereocenters. The lowest BCUT2D eigenvalue weighted by Gasteiger charge is -2.50. The van der Waals surface area contributed by atoms with Gasteiger partial charge in [-0.1, -0.05) is 31.9 Å². The molecule has 1 spiro atoms. The topological polar surface area (TPSA) is 18.5 Å². The highest BCUT2D eigenvalue weighted by Crippen LogP contribution is 2.63. The van der Waals surface area contributed by atoms with Crippen LogP contribution in [-0.4, -0.2) is 18.5 Å². The van der Waals surface area contributed by atoms with Crippen molar-refractivity contribution < 1.29 is 9.47 Å². The molecule has 2 saturated heterocycles. The van der Waals surface area contributed by atoms with Gasteiger partial charge in [0.25, 0.3) is 0 Å². The first-order chi connectivity index (χ1) is 13.2. The smallest absolute Gasteiger partial charge is 0.171 e. The molecule has 150 valence electrons. The first-order valence-electron chi connectivity index (χ1n) is 12.2. The highest BCUT2D eigenvalue weighted by atomic mass is 16.7. The van der Waals surface area contributed by atoms with Gasteiger partial charge in [-0.25, -0.2) is 0 Å². The first kappa shape index (κ1) is 17.5. The van der Waals surface area contributed by atoms with E-state index in [1.165, 1.54) is 57.8 Å². The van der Waals surface area contributed by atoms with Gasteiger partial charge in [0, 0.05) is 12.3 Å². The van der Waals surface area contributed by atoms with Crippen LogP contribution in [0, 0.1) is 47.3 Å². The van der Waals surface area contributed by atoms with Crippen molar-refractivity contribution in [1.29, 1.82) is 0 Å². The number of ether oxygens (including phenoxy) is 2. The molecule has 27 heavy (non-hydrogen) atoms. The molecule has 2 nitrogen and oxygen atoms in total. The second-order valence-corrected chi connectivity index (χ2v) is 11.1. The van der Waals surface area contributed by atoms with Gasteiger partial charge >= 0.3 is 0 Å². The lowest BCUT2D eigenvalue weighted by atomic mass is 9.56. The molecule has 2 heteroatoms. The molecular formula is C25H38O2. The Balaban J connectivity index is 1.23. The van der Waals surface area contributed by atoms with E-state index in [4.69, 9.17) is 9.47 Å². The van der Waals surface area contributed by atoms with Crippen molar-refractivity contribution in [3.63, 3.8) is 0 Å². The molecule has 2 heterocycles. The Labute approximate surface area is 165 Å². The minimum Gasteiger partial charge on any atom is -0.349 e. The van der Waals surface area contributed by atoms with Crippen LogP contribution in [-0.2, 0) is 9.47 Å². The highest BCUT2D eigenvalue weighted by Gasteiger charge is 2.63. The minimum atomic E-state index is -0.229. The van der Waals surface area contributed by atoms with Crippen LogP contribution in [0.3, 0.4) is 0 Å². The minimum absolute atomic E-state index is 0.229. The summed E-state index contributed by atoms with van der Waals surface area (Å²) in [5, 5.41) is 0. The fraction of sp³-hybridized carbons (Fsp3) is 0.920. The van der Waals surface area contributed by atoms with Crippen molar-refractivity contribution in [1.82, 2.24) is 0 Å². The molecule has 0 bridgehead atoms. The van der Waals surface area contributed by atoms with Gasteiger partial charge in [0.2, 0.25) is 0 Å². The van der Waals surface area contributed by atoms with Crippen LogP contribution in [0.1, 0.15) is 78.1 Å². The van der Waals surface area contributed by atoms with E-state index in [0.717, 1.165) is 48.5 Å². The van der Waals surface area contributed by atoms with E-state index in [2.05, 4.69) is 19.9 Å². The van der Waals surface area contributed by atoms with Gasteiger partial charge in [-0.05, 0) is 92.8 Å². The molecule has 0 aromatic heterocycles. The van der Waals surface area contributed by atoms with Crippen LogP contribution < -0.4 is 0 Å². The van der Waals surface area contributed by atoms with Gasteiger partial charge in [-0.3, -0.25) is 0 Å². The van der Waals surface area contributed by atoms with Crippen LogP contribution in [0.25, 0.3) is 0 Å². The SMILES string of the molecule is C[C@@H]1CC[C@@]2(OC1)O[C@H]1C[C@H]3C4CC=C5CCCCC5[C@H]4CCC3[C@H]1[C@@H]2C. The monoisotopic (exact) mass is 370 g/mol. The third-order valence-corrected chi connectivity index (χ3v) is 10.0. The Morgan fingerprint density at radius 1 is 0.963 bits per heavy atom. The maximum Gasteiger partial charge on any atom is 0.171 e. The molecule has 0 N–H and O–H groups in total. The van der Waals surface area contributed by atoms with Crippen molar-refractivity contribution >= 4 is 0 Å². The summed E-state index contributed by atoms with van der Waals surface area (Å²) in [4.78, 5) is 0. The molecule has 4 aliphatic carbocycles. The van der Waals surface area contributed by atoms with Gasteiger partial charge in [0.1, 0.15) is 0 Å². The quantitative estimate of drug-likeness (QED) is 0.490. The number of rotatable bonds is 0. The average molecular weight is 371 g/mol. The van der Waals surface area contributed by atoms with E-state index in [1.807, 2.05) is 5.57 Å². The summed E-state index contributed by atoms with van der Waals surface area (Å²) in [5.74, 6) is 6.58. The maximum absolute atomic E-state index is 6.82. The third kappa shape index (κ3) is 2.51. The van der Waals surface area contributed by atoms with Crippen molar-refractivity contribution in [2.75, 3.05) is 6.61 Å². The van der Waals surface area contributed by atoms with Crippen molar-refractivity contribution in [3.8, 4) is 0 Å². The zero-order chi connectivity index (χ0) is 18.2. The van der Waals surface area contributed by atoms with Gasteiger partial charge in [0.05, 0.1) is 12.7 Å². The second-order valence-electron chi connectivity index (χ2n) is 11.1. The standard InChI is InChI=1S/C25H38O2/c1-15-11-12-25(26-14-15)16(2)24-21-10-9-19-18-6-4-3-5-17(18)7-8-20(19)22(21)13-23(24)27-25/h7,15-16,18-24H,3-6,8-14H2,1-2H3/t15-,16+,18?,19-,20?,21?,22+,23+,24-,25-/m1/s1. The normalized spacial score (nSPS) is 56.8. The summed E-state index contributed by atoms with van der Waals surface area (Å²) in [5.41, 5.74) is 1.85. The predicted octanol–water partition coefficient (Wildman–Crippen LogP) is 5.96. The summed E-state index contributed by atoms with van der Waals surface area (Å²) >= 11 is 0. The number of fused-ring (bicyclic) bond motifs is 7. The van der Waals surface area contributed by atoms with Gasteiger partial charge < -0.3 is 9.47 Å². The Hall–Kier alpha value is -0.340. The molecule has 6 aliphatic rings. The summed E-state index contributed by atoms with van der Waals surface area (Å²) in [6.07, 6.45) is 17.1. The summed E-state index contributed by atoms with van der Waals surface area (Å²) in [7, 11) is 0. The summed E-state index contributed by atoms with van der Waals surface area (Å²) < 4.78 is 13.2. The van der Waals surface area contributed by atoms with E-state index < -0.39 is 0 Å².